The van der Waals surface area contributed by atoms with Crippen molar-refractivity contribution in [3.05, 3.63) is 34.4 Å². The van der Waals surface area contributed by atoms with Crippen molar-refractivity contribution in [3.8, 4) is 0 Å². The van der Waals surface area contributed by atoms with Crippen LogP contribution in [0, 0.1) is 5.41 Å². The maximum absolute atomic E-state index is 12.4. The molecular formula is C15H19ClO2. The van der Waals surface area contributed by atoms with Crippen LogP contribution in [0.5, 0.6) is 0 Å². The maximum atomic E-state index is 12.4. The van der Waals surface area contributed by atoms with Crippen molar-refractivity contribution in [2.75, 3.05) is 5.88 Å². The van der Waals surface area contributed by atoms with Crippen LogP contribution in [0.1, 0.15) is 34.1 Å². The second-order valence-electron chi connectivity index (χ2n) is 5.88. The van der Waals surface area contributed by atoms with Gasteiger partial charge in [-0.3, -0.25) is 4.79 Å². The third-order valence-electron chi connectivity index (χ3n) is 3.80. The van der Waals surface area contributed by atoms with E-state index in [1.54, 1.807) is 6.92 Å². The van der Waals surface area contributed by atoms with Crippen LogP contribution in [0.25, 0.3) is 0 Å². The lowest BCUT2D eigenvalue weighted by Crippen LogP contribution is -2.42. The minimum Gasteiger partial charge on any atom is -0.378 e. The van der Waals surface area contributed by atoms with Crippen molar-refractivity contribution >= 4 is 17.4 Å². The molecule has 2 nitrogen and oxygen atoms in total. The Balaban J connectivity index is 2.65. The Kier molecular flexibility index (Phi) is 3.07. The van der Waals surface area contributed by atoms with Gasteiger partial charge in [-0.2, -0.15) is 0 Å². The molecule has 98 valence electrons. The number of fused-ring (bicyclic) bond motifs is 1. The molecule has 0 amide bonds. The van der Waals surface area contributed by atoms with Crippen LogP contribution < -0.4 is 0 Å². The van der Waals surface area contributed by atoms with E-state index in [1.165, 1.54) is 0 Å². The standard InChI is InChI=1S/C15H19ClO2/c1-9-10-7-14(2,3)8-11(10)13(17)15(4,18)12(9)5-6-16/h7-8,18H,5-6H2,1-4H3. The third-order valence-corrected chi connectivity index (χ3v) is 3.99. The van der Waals surface area contributed by atoms with E-state index in [9.17, 15) is 9.90 Å². The summed E-state index contributed by atoms with van der Waals surface area (Å²) in [6.07, 6.45) is 4.58. The number of carbonyl (C=O) groups excluding carboxylic acids is 1. The van der Waals surface area contributed by atoms with Gasteiger partial charge >= 0.3 is 0 Å². The van der Waals surface area contributed by atoms with Gasteiger partial charge in [0.05, 0.1) is 0 Å². The molecular weight excluding hydrogens is 248 g/mol. The Bertz CT molecular complexity index is 505. The number of hydrogen-bond donors (Lipinski definition) is 1. The van der Waals surface area contributed by atoms with E-state index in [0.717, 1.165) is 16.7 Å². The number of alkyl halides is 1. The van der Waals surface area contributed by atoms with Gasteiger partial charge in [-0.25, -0.2) is 0 Å². The molecule has 2 rings (SSSR count). The van der Waals surface area contributed by atoms with Gasteiger partial charge in [-0.1, -0.05) is 26.0 Å². The topological polar surface area (TPSA) is 37.3 Å². The minimum absolute atomic E-state index is 0.131. The van der Waals surface area contributed by atoms with Crippen LogP contribution >= 0.6 is 11.6 Å². The number of ketones is 1. The first-order valence-electron chi connectivity index (χ1n) is 6.20. The van der Waals surface area contributed by atoms with Crippen molar-refractivity contribution < 1.29 is 9.90 Å². The number of hydrogen-bond acceptors (Lipinski definition) is 2. The quantitative estimate of drug-likeness (QED) is 0.780. The summed E-state index contributed by atoms with van der Waals surface area (Å²) >= 11 is 5.78. The largest absolute Gasteiger partial charge is 0.378 e. The summed E-state index contributed by atoms with van der Waals surface area (Å²) < 4.78 is 0. The van der Waals surface area contributed by atoms with E-state index in [-0.39, 0.29) is 11.2 Å². The van der Waals surface area contributed by atoms with Gasteiger partial charge in [-0.15, -0.1) is 11.6 Å². The molecule has 1 N–H and O–H groups in total. The van der Waals surface area contributed by atoms with Gasteiger partial charge in [0.1, 0.15) is 5.60 Å². The fraction of sp³-hybridized carbons (Fsp3) is 0.533. The molecule has 0 saturated carbocycles. The lowest BCUT2D eigenvalue weighted by molar-refractivity contribution is -0.128. The zero-order valence-corrected chi connectivity index (χ0v) is 12.1. The van der Waals surface area contributed by atoms with E-state index in [2.05, 4.69) is 19.9 Å². The maximum Gasteiger partial charge on any atom is 0.198 e. The van der Waals surface area contributed by atoms with Crippen LogP contribution in [-0.2, 0) is 4.79 Å². The Hall–Kier alpha value is -0.860. The van der Waals surface area contributed by atoms with E-state index < -0.39 is 5.60 Å². The Morgan fingerprint density at radius 2 is 1.78 bits per heavy atom. The SMILES string of the molecule is CC1=C(CCCl)C(C)(O)C(=O)C2=CC(C)(C)C=C21. The molecule has 0 aromatic carbocycles. The highest BCUT2D eigenvalue weighted by atomic mass is 35.5. The fourth-order valence-electron chi connectivity index (χ4n) is 2.89. The Morgan fingerprint density at radius 1 is 1.22 bits per heavy atom. The molecule has 2 aliphatic rings. The number of Topliss-reactive ketones (excluding diaryl/α,β-unsaturated/α-hetero) is 1. The first-order valence-corrected chi connectivity index (χ1v) is 6.74. The molecule has 0 spiro atoms. The van der Waals surface area contributed by atoms with Gasteiger partial charge in [0.25, 0.3) is 0 Å². The number of carbonyl (C=O) groups is 1. The van der Waals surface area contributed by atoms with Crippen LogP contribution in [-0.4, -0.2) is 22.4 Å². The highest BCUT2D eigenvalue weighted by molar-refractivity contribution is 6.18. The zero-order chi connectivity index (χ0) is 13.7. The molecule has 1 atom stereocenters. The molecule has 18 heavy (non-hydrogen) atoms. The lowest BCUT2D eigenvalue weighted by Gasteiger charge is -2.33. The van der Waals surface area contributed by atoms with Crippen LogP contribution in [0.15, 0.2) is 34.4 Å². The Labute approximate surface area is 113 Å². The highest BCUT2D eigenvalue weighted by Gasteiger charge is 2.45. The average Bonchev–Trinajstić information content (AvgIpc) is 2.58. The van der Waals surface area contributed by atoms with Crippen molar-refractivity contribution in [1.29, 1.82) is 0 Å². The molecule has 0 fully saturated rings. The van der Waals surface area contributed by atoms with Crippen LogP contribution in [0.3, 0.4) is 0 Å². The molecule has 0 aromatic heterocycles. The van der Waals surface area contributed by atoms with E-state index in [4.69, 9.17) is 11.6 Å². The summed E-state index contributed by atoms with van der Waals surface area (Å²) in [6.45, 7) is 7.65. The summed E-state index contributed by atoms with van der Waals surface area (Å²) in [5.74, 6) is 0.205. The number of rotatable bonds is 2. The summed E-state index contributed by atoms with van der Waals surface area (Å²) in [6, 6.07) is 0. The molecule has 0 aromatic rings. The third kappa shape index (κ3) is 1.88. The summed E-state index contributed by atoms with van der Waals surface area (Å²) in [5.41, 5.74) is 1.83. The smallest absolute Gasteiger partial charge is 0.198 e. The van der Waals surface area contributed by atoms with E-state index in [1.807, 2.05) is 13.0 Å². The highest BCUT2D eigenvalue weighted by Crippen LogP contribution is 2.45. The van der Waals surface area contributed by atoms with Crippen molar-refractivity contribution in [2.24, 2.45) is 5.41 Å². The summed E-state index contributed by atoms with van der Waals surface area (Å²) in [5, 5.41) is 10.5. The van der Waals surface area contributed by atoms with Gasteiger partial charge in [-0.05, 0) is 37.0 Å². The predicted octanol–water partition coefficient (Wildman–Crippen LogP) is 3.16. The molecule has 3 heteroatoms. The van der Waals surface area contributed by atoms with Crippen molar-refractivity contribution in [2.45, 2.75) is 39.7 Å². The fourth-order valence-corrected chi connectivity index (χ4v) is 3.08. The Morgan fingerprint density at radius 3 is 2.33 bits per heavy atom. The molecule has 0 radical (unpaired) electrons. The number of aliphatic hydroxyl groups is 1. The van der Waals surface area contributed by atoms with Gasteiger partial charge in [0.2, 0.25) is 0 Å². The molecule has 0 saturated heterocycles. The second kappa shape index (κ2) is 4.07. The van der Waals surface area contributed by atoms with E-state index in [0.29, 0.717) is 17.9 Å². The minimum atomic E-state index is -1.41. The summed E-state index contributed by atoms with van der Waals surface area (Å²) in [7, 11) is 0. The van der Waals surface area contributed by atoms with Gasteiger partial charge in [0, 0.05) is 16.9 Å². The zero-order valence-electron chi connectivity index (χ0n) is 11.3. The van der Waals surface area contributed by atoms with Crippen molar-refractivity contribution in [3.63, 3.8) is 0 Å². The van der Waals surface area contributed by atoms with Crippen molar-refractivity contribution in [1.82, 2.24) is 0 Å². The predicted molar refractivity (Wildman–Crippen MR) is 73.6 cm³/mol. The molecule has 1 unspecified atom stereocenters. The normalized spacial score (nSPS) is 30.2. The van der Waals surface area contributed by atoms with Gasteiger partial charge < -0.3 is 5.11 Å². The van der Waals surface area contributed by atoms with Gasteiger partial charge in [0.15, 0.2) is 5.78 Å². The summed E-state index contributed by atoms with van der Waals surface area (Å²) in [4.78, 5) is 12.4. The number of allylic oxidation sites excluding steroid dienone is 4. The van der Waals surface area contributed by atoms with Crippen LogP contribution in [0.2, 0.25) is 0 Å². The second-order valence-corrected chi connectivity index (χ2v) is 6.26. The first-order chi connectivity index (χ1) is 8.20. The number of halogens is 1. The first kappa shape index (κ1) is 13.6. The molecule has 0 bridgehead atoms. The monoisotopic (exact) mass is 266 g/mol. The molecule has 0 aliphatic heterocycles. The van der Waals surface area contributed by atoms with Crippen LogP contribution in [0.4, 0.5) is 0 Å². The average molecular weight is 267 g/mol. The molecule has 0 heterocycles. The van der Waals surface area contributed by atoms with E-state index >= 15 is 0 Å². The lowest BCUT2D eigenvalue weighted by atomic mass is 9.74. The molecule has 2 aliphatic carbocycles.